The maximum absolute atomic E-state index is 11.9. The Hall–Kier alpha value is -2.88. The van der Waals surface area contributed by atoms with Crippen molar-refractivity contribution in [2.45, 2.75) is 6.92 Å². The molecule has 0 bridgehead atoms. The molecule has 23 heavy (non-hydrogen) atoms. The van der Waals surface area contributed by atoms with Crippen LogP contribution in [0.3, 0.4) is 0 Å². The number of allylic oxidation sites excluding steroid dienone is 1. The summed E-state index contributed by atoms with van der Waals surface area (Å²) in [5.41, 5.74) is 0.937. The van der Waals surface area contributed by atoms with E-state index >= 15 is 0 Å². The number of benzene rings is 2. The van der Waals surface area contributed by atoms with Crippen molar-refractivity contribution in [3.63, 3.8) is 0 Å². The fourth-order valence-corrected chi connectivity index (χ4v) is 2.02. The van der Waals surface area contributed by atoms with E-state index in [1.54, 1.807) is 42.5 Å². The van der Waals surface area contributed by atoms with E-state index in [2.05, 4.69) is 6.58 Å². The standard InChI is InChI=1S/C19H18O4/c1-3-5-11-23-19(21)17-9-7-14-12-16(8-6-15(14)13-17)18(20)22-10-4-2/h3-9,12-13H,2,10-11H2,1H3. The second-order valence-corrected chi connectivity index (χ2v) is 4.83. The first kappa shape index (κ1) is 16.5. The Morgan fingerprint density at radius 1 is 0.957 bits per heavy atom. The Bertz CT molecular complexity index is 759. The van der Waals surface area contributed by atoms with Gasteiger partial charge < -0.3 is 9.47 Å². The Kier molecular flexibility index (Phi) is 5.69. The molecule has 0 aromatic heterocycles. The predicted molar refractivity (Wildman–Crippen MR) is 89.5 cm³/mol. The third-order valence-corrected chi connectivity index (χ3v) is 3.19. The van der Waals surface area contributed by atoms with Crippen LogP contribution in [0.5, 0.6) is 0 Å². The topological polar surface area (TPSA) is 52.6 Å². The number of ether oxygens (including phenoxy) is 2. The van der Waals surface area contributed by atoms with Crippen molar-refractivity contribution in [3.8, 4) is 0 Å². The number of carbonyl (C=O) groups is 2. The van der Waals surface area contributed by atoms with E-state index < -0.39 is 5.97 Å². The molecule has 0 saturated heterocycles. The first-order valence-electron chi connectivity index (χ1n) is 7.26. The van der Waals surface area contributed by atoms with Crippen molar-refractivity contribution >= 4 is 22.7 Å². The molecule has 0 fully saturated rings. The summed E-state index contributed by atoms with van der Waals surface area (Å²) in [5.74, 6) is -0.777. The van der Waals surface area contributed by atoms with Gasteiger partial charge in [0.2, 0.25) is 0 Å². The zero-order valence-corrected chi connectivity index (χ0v) is 13.0. The van der Waals surface area contributed by atoms with Crippen LogP contribution in [0.25, 0.3) is 10.8 Å². The van der Waals surface area contributed by atoms with Gasteiger partial charge in [0.1, 0.15) is 13.2 Å². The fraction of sp³-hybridized carbons (Fsp3) is 0.158. The van der Waals surface area contributed by atoms with Crippen LogP contribution in [0, 0.1) is 0 Å². The summed E-state index contributed by atoms with van der Waals surface area (Å²) < 4.78 is 10.1. The van der Waals surface area contributed by atoms with Crippen molar-refractivity contribution in [2.24, 2.45) is 0 Å². The minimum atomic E-state index is -0.401. The normalized spacial score (nSPS) is 10.7. The highest BCUT2D eigenvalue weighted by molar-refractivity contribution is 5.99. The highest BCUT2D eigenvalue weighted by Gasteiger charge is 2.10. The molecule has 0 heterocycles. The Labute approximate surface area is 135 Å². The third-order valence-electron chi connectivity index (χ3n) is 3.19. The summed E-state index contributed by atoms with van der Waals surface area (Å²) in [5, 5.41) is 1.70. The molecule has 2 rings (SSSR count). The molecule has 0 amide bonds. The second kappa shape index (κ2) is 7.94. The summed E-state index contributed by atoms with van der Waals surface area (Å²) in [6, 6.07) is 10.4. The van der Waals surface area contributed by atoms with Gasteiger partial charge in [-0.3, -0.25) is 0 Å². The number of rotatable bonds is 6. The van der Waals surface area contributed by atoms with Crippen LogP contribution in [0.15, 0.2) is 61.2 Å². The number of fused-ring (bicyclic) bond motifs is 1. The van der Waals surface area contributed by atoms with Gasteiger partial charge in [-0.2, -0.15) is 0 Å². The average Bonchev–Trinajstić information content (AvgIpc) is 2.58. The minimum absolute atomic E-state index is 0.174. The summed E-state index contributed by atoms with van der Waals surface area (Å²) in [6.07, 6.45) is 5.10. The average molecular weight is 310 g/mol. The van der Waals surface area contributed by atoms with E-state index in [-0.39, 0.29) is 19.2 Å². The van der Waals surface area contributed by atoms with Crippen molar-refractivity contribution in [3.05, 3.63) is 72.3 Å². The second-order valence-electron chi connectivity index (χ2n) is 4.83. The molecule has 4 heteroatoms. The lowest BCUT2D eigenvalue weighted by atomic mass is 10.0. The largest absolute Gasteiger partial charge is 0.458 e. The molecule has 2 aromatic carbocycles. The number of esters is 2. The first-order valence-corrected chi connectivity index (χ1v) is 7.26. The molecule has 4 nitrogen and oxygen atoms in total. The zero-order valence-electron chi connectivity index (χ0n) is 13.0. The number of hydrogen-bond donors (Lipinski definition) is 0. The van der Waals surface area contributed by atoms with E-state index in [1.165, 1.54) is 6.08 Å². The van der Waals surface area contributed by atoms with Crippen molar-refractivity contribution in [1.82, 2.24) is 0 Å². The van der Waals surface area contributed by atoms with Gasteiger partial charge in [0.25, 0.3) is 0 Å². The van der Waals surface area contributed by atoms with Gasteiger partial charge in [-0.15, -0.1) is 0 Å². The van der Waals surface area contributed by atoms with Crippen molar-refractivity contribution in [1.29, 1.82) is 0 Å². The smallest absolute Gasteiger partial charge is 0.338 e. The predicted octanol–water partition coefficient (Wildman–Crippen LogP) is 3.92. The lowest BCUT2D eigenvalue weighted by Gasteiger charge is -2.06. The van der Waals surface area contributed by atoms with Gasteiger partial charge in [-0.05, 0) is 42.0 Å². The van der Waals surface area contributed by atoms with E-state index in [1.807, 2.05) is 13.0 Å². The lowest BCUT2D eigenvalue weighted by Crippen LogP contribution is -2.06. The van der Waals surface area contributed by atoms with Crippen LogP contribution in [-0.4, -0.2) is 25.2 Å². The quantitative estimate of drug-likeness (QED) is 0.599. The van der Waals surface area contributed by atoms with Crippen LogP contribution in [0.4, 0.5) is 0 Å². The monoisotopic (exact) mass is 310 g/mol. The van der Waals surface area contributed by atoms with Crippen molar-refractivity contribution in [2.75, 3.05) is 13.2 Å². The molecule has 0 saturated carbocycles. The molecule has 118 valence electrons. The molecule has 0 aliphatic rings. The van der Waals surface area contributed by atoms with Crippen LogP contribution >= 0.6 is 0 Å². The molecular weight excluding hydrogens is 292 g/mol. The number of hydrogen-bond acceptors (Lipinski definition) is 4. The molecule has 0 unspecified atom stereocenters. The highest BCUT2D eigenvalue weighted by Crippen LogP contribution is 2.19. The van der Waals surface area contributed by atoms with Gasteiger partial charge in [0.15, 0.2) is 0 Å². The molecule has 0 N–H and O–H groups in total. The molecular formula is C19H18O4. The Morgan fingerprint density at radius 2 is 1.48 bits per heavy atom. The van der Waals surface area contributed by atoms with Crippen molar-refractivity contribution < 1.29 is 19.1 Å². The maximum atomic E-state index is 11.9. The third kappa shape index (κ3) is 4.30. The van der Waals surface area contributed by atoms with Crippen LogP contribution in [0.1, 0.15) is 27.6 Å². The van der Waals surface area contributed by atoms with E-state index in [9.17, 15) is 9.59 Å². The van der Waals surface area contributed by atoms with E-state index in [0.717, 1.165) is 10.8 Å². The molecule has 0 aliphatic carbocycles. The summed E-state index contributed by atoms with van der Waals surface area (Å²) in [7, 11) is 0. The SMILES string of the molecule is C=CCOC(=O)c1ccc2cc(C(=O)OCC=CC)ccc2c1. The van der Waals surface area contributed by atoms with Gasteiger partial charge in [-0.1, -0.05) is 36.9 Å². The van der Waals surface area contributed by atoms with Crippen LogP contribution < -0.4 is 0 Å². The maximum Gasteiger partial charge on any atom is 0.338 e. The van der Waals surface area contributed by atoms with Gasteiger partial charge in [-0.25, -0.2) is 9.59 Å². The molecule has 0 aliphatic heterocycles. The summed E-state index contributed by atoms with van der Waals surface area (Å²) >= 11 is 0. The zero-order chi connectivity index (χ0) is 16.7. The lowest BCUT2D eigenvalue weighted by molar-refractivity contribution is 0.0540. The molecule has 0 spiro atoms. The van der Waals surface area contributed by atoms with E-state index in [4.69, 9.17) is 9.47 Å². The molecule has 0 radical (unpaired) electrons. The van der Waals surface area contributed by atoms with Crippen LogP contribution in [-0.2, 0) is 9.47 Å². The van der Waals surface area contributed by atoms with Gasteiger partial charge in [0, 0.05) is 0 Å². The van der Waals surface area contributed by atoms with Crippen LogP contribution in [0.2, 0.25) is 0 Å². The fourth-order valence-electron chi connectivity index (χ4n) is 2.02. The number of carbonyl (C=O) groups excluding carboxylic acids is 2. The minimum Gasteiger partial charge on any atom is -0.458 e. The van der Waals surface area contributed by atoms with Gasteiger partial charge in [0.05, 0.1) is 11.1 Å². The molecule has 0 atom stereocenters. The van der Waals surface area contributed by atoms with Gasteiger partial charge >= 0.3 is 11.9 Å². The Balaban J connectivity index is 2.19. The first-order chi connectivity index (χ1) is 11.2. The highest BCUT2D eigenvalue weighted by atomic mass is 16.5. The Morgan fingerprint density at radius 3 is 1.96 bits per heavy atom. The molecule has 2 aromatic rings. The van der Waals surface area contributed by atoms with E-state index in [0.29, 0.717) is 11.1 Å². The summed E-state index contributed by atoms with van der Waals surface area (Å²) in [4.78, 5) is 23.7. The summed E-state index contributed by atoms with van der Waals surface area (Å²) in [6.45, 7) is 5.79.